The van der Waals surface area contributed by atoms with Gasteiger partial charge in [0.2, 0.25) is 0 Å². The maximum atomic E-state index is 10.5. The lowest BCUT2D eigenvalue weighted by molar-refractivity contribution is 0.331. The first-order valence-corrected chi connectivity index (χ1v) is 5.50. The Bertz CT molecular complexity index is 183. The van der Waals surface area contributed by atoms with E-state index in [1.165, 1.54) is 19.3 Å². The molecule has 11 heavy (non-hydrogen) atoms. The lowest BCUT2D eigenvalue weighted by Gasteiger charge is -2.27. The van der Waals surface area contributed by atoms with E-state index in [0.29, 0.717) is 5.75 Å². The predicted molar refractivity (Wildman–Crippen MR) is 42.8 cm³/mol. The molecule has 0 spiro atoms. The number of fused-ring (bicyclic) bond motifs is 2. The van der Waals surface area contributed by atoms with Gasteiger partial charge < -0.3 is 4.55 Å². The Hall–Kier alpha value is 0.110. The largest absolute Gasteiger partial charge is 0.772 e. The average Bonchev–Trinajstić information content (AvgIpc) is 2.43. The summed E-state index contributed by atoms with van der Waals surface area (Å²) in [5.74, 6) is 1.28. The smallest absolute Gasteiger partial charge is 0.0158 e. The monoisotopic (exact) mass is 173 g/mol. The van der Waals surface area contributed by atoms with Gasteiger partial charge in [0, 0.05) is 5.75 Å². The molecule has 0 N–H and O–H groups in total. The van der Waals surface area contributed by atoms with Gasteiger partial charge in [-0.3, -0.25) is 4.21 Å². The van der Waals surface area contributed by atoms with Crippen LogP contribution in [0.3, 0.4) is 0 Å². The van der Waals surface area contributed by atoms with Gasteiger partial charge in [-0.25, -0.2) is 0 Å². The molecule has 0 aromatic heterocycles. The summed E-state index contributed by atoms with van der Waals surface area (Å²) in [5, 5.41) is 0. The first-order valence-electron chi connectivity index (χ1n) is 4.26. The molecule has 2 aliphatic rings. The molecule has 2 rings (SSSR count). The van der Waals surface area contributed by atoms with Gasteiger partial charge in [0.1, 0.15) is 0 Å². The zero-order chi connectivity index (χ0) is 7.90. The molecule has 2 saturated carbocycles. The fourth-order valence-electron chi connectivity index (χ4n) is 2.76. The van der Waals surface area contributed by atoms with Gasteiger partial charge in [-0.2, -0.15) is 0 Å². The fraction of sp³-hybridized carbons (Fsp3) is 1.00. The van der Waals surface area contributed by atoms with Gasteiger partial charge in [0.25, 0.3) is 0 Å². The average molecular weight is 173 g/mol. The fourth-order valence-corrected chi connectivity index (χ4v) is 3.67. The maximum absolute atomic E-state index is 10.5. The number of rotatable bonds is 2. The number of hydrogen-bond acceptors (Lipinski definition) is 2. The Morgan fingerprint density at radius 3 is 2.45 bits per heavy atom. The van der Waals surface area contributed by atoms with E-state index in [9.17, 15) is 8.76 Å². The molecule has 0 amide bonds. The van der Waals surface area contributed by atoms with Crippen LogP contribution in [0.25, 0.3) is 0 Å². The lowest BCUT2D eigenvalue weighted by Crippen LogP contribution is -2.22. The second kappa shape index (κ2) is 2.56. The summed E-state index contributed by atoms with van der Waals surface area (Å²) >= 11 is -1.82. The van der Waals surface area contributed by atoms with Crippen molar-refractivity contribution in [3.8, 4) is 0 Å². The van der Waals surface area contributed by atoms with Crippen LogP contribution in [0.2, 0.25) is 0 Å². The SMILES string of the molecule is O=S([O-])CC12CCC(CC1)C2. The minimum atomic E-state index is -1.82. The summed E-state index contributed by atoms with van der Waals surface area (Å²) < 4.78 is 21.1. The van der Waals surface area contributed by atoms with E-state index in [-0.39, 0.29) is 5.41 Å². The molecule has 64 valence electrons. The third-order valence-electron chi connectivity index (χ3n) is 3.31. The van der Waals surface area contributed by atoms with Crippen molar-refractivity contribution in [3.63, 3.8) is 0 Å². The second-order valence-corrected chi connectivity index (χ2v) is 4.99. The molecular formula is C8H13O2S-. The molecule has 2 fully saturated rings. The molecule has 2 aliphatic carbocycles. The molecule has 2 nitrogen and oxygen atoms in total. The van der Waals surface area contributed by atoms with Gasteiger partial charge in [-0.1, -0.05) is 11.1 Å². The Morgan fingerprint density at radius 1 is 1.45 bits per heavy atom. The highest BCUT2D eigenvalue weighted by Crippen LogP contribution is 2.54. The van der Waals surface area contributed by atoms with Crippen molar-refractivity contribution in [2.24, 2.45) is 11.3 Å². The molecule has 0 saturated heterocycles. The zero-order valence-corrected chi connectivity index (χ0v) is 7.36. The highest BCUT2D eigenvalue weighted by Gasteiger charge is 2.44. The summed E-state index contributed by atoms with van der Waals surface area (Å²) in [6.45, 7) is 0. The van der Waals surface area contributed by atoms with Crippen molar-refractivity contribution in [2.75, 3.05) is 5.75 Å². The molecular weight excluding hydrogens is 160 g/mol. The van der Waals surface area contributed by atoms with Crippen molar-refractivity contribution < 1.29 is 8.76 Å². The standard InChI is InChI=1S/C8H14O2S/c9-11(10)6-8-3-1-7(5-8)2-4-8/h7H,1-6H2,(H,9,10)/p-1. The van der Waals surface area contributed by atoms with Crippen LogP contribution in [0, 0.1) is 11.3 Å². The van der Waals surface area contributed by atoms with Crippen molar-refractivity contribution in [3.05, 3.63) is 0 Å². The third kappa shape index (κ3) is 1.36. The van der Waals surface area contributed by atoms with Crippen molar-refractivity contribution in [1.82, 2.24) is 0 Å². The summed E-state index contributed by atoms with van der Waals surface area (Å²) in [5.41, 5.74) is 0.220. The summed E-state index contributed by atoms with van der Waals surface area (Å²) in [6, 6.07) is 0. The van der Waals surface area contributed by atoms with Crippen LogP contribution in [0.5, 0.6) is 0 Å². The van der Waals surface area contributed by atoms with Crippen molar-refractivity contribution in [2.45, 2.75) is 32.1 Å². The van der Waals surface area contributed by atoms with Crippen LogP contribution < -0.4 is 0 Å². The Balaban J connectivity index is 2.05. The minimum absolute atomic E-state index is 0.220. The quantitative estimate of drug-likeness (QED) is 0.593. The molecule has 1 unspecified atom stereocenters. The molecule has 1 atom stereocenters. The van der Waals surface area contributed by atoms with Crippen LogP contribution >= 0.6 is 0 Å². The van der Waals surface area contributed by atoms with Crippen molar-refractivity contribution >= 4 is 11.1 Å². The normalized spacial score (nSPS) is 44.6. The van der Waals surface area contributed by atoms with Crippen molar-refractivity contribution in [1.29, 1.82) is 0 Å². The van der Waals surface area contributed by atoms with Crippen LogP contribution in [0.15, 0.2) is 0 Å². The van der Waals surface area contributed by atoms with Gasteiger partial charge in [-0.05, 0) is 43.4 Å². The van der Waals surface area contributed by atoms with E-state index in [4.69, 9.17) is 0 Å². The second-order valence-electron chi connectivity index (χ2n) is 4.10. The van der Waals surface area contributed by atoms with E-state index >= 15 is 0 Å². The molecule has 0 aromatic carbocycles. The van der Waals surface area contributed by atoms with E-state index in [1.807, 2.05) is 0 Å². The maximum Gasteiger partial charge on any atom is 0.0158 e. The Kier molecular flexibility index (Phi) is 1.80. The summed E-state index contributed by atoms with van der Waals surface area (Å²) in [6.07, 6.45) is 6.05. The molecule has 0 aliphatic heterocycles. The van der Waals surface area contributed by atoms with Crippen LogP contribution in [0.4, 0.5) is 0 Å². The van der Waals surface area contributed by atoms with Crippen LogP contribution in [-0.2, 0) is 11.1 Å². The first-order chi connectivity index (χ1) is 5.20. The Labute approximate surface area is 69.7 Å². The van der Waals surface area contributed by atoms with Crippen LogP contribution in [0.1, 0.15) is 32.1 Å². The lowest BCUT2D eigenvalue weighted by atomic mass is 9.87. The molecule has 0 heterocycles. The van der Waals surface area contributed by atoms with Gasteiger partial charge in [0.15, 0.2) is 0 Å². The zero-order valence-electron chi connectivity index (χ0n) is 6.54. The van der Waals surface area contributed by atoms with Gasteiger partial charge in [0.05, 0.1) is 0 Å². The summed E-state index contributed by atoms with van der Waals surface area (Å²) in [7, 11) is 0. The van der Waals surface area contributed by atoms with Gasteiger partial charge in [-0.15, -0.1) is 0 Å². The van der Waals surface area contributed by atoms with E-state index < -0.39 is 11.1 Å². The minimum Gasteiger partial charge on any atom is -0.772 e. The highest BCUT2D eigenvalue weighted by molar-refractivity contribution is 7.79. The highest BCUT2D eigenvalue weighted by atomic mass is 32.2. The molecule has 2 bridgehead atoms. The summed E-state index contributed by atoms with van der Waals surface area (Å²) in [4.78, 5) is 0. The molecule has 3 heteroatoms. The van der Waals surface area contributed by atoms with E-state index in [0.717, 1.165) is 18.8 Å². The third-order valence-corrected chi connectivity index (χ3v) is 4.16. The molecule has 0 radical (unpaired) electrons. The first kappa shape index (κ1) is 7.74. The van der Waals surface area contributed by atoms with Gasteiger partial charge >= 0.3 is 0 Å². The molecule has 0 aromatic rings. The van der Waals surface area contributed by atoms with Crippen LogP contribution in [-0.4, -0.2) is 14.5 Å². The number of hydrogen-bond donors (Lipinski definition) is 0. The topological polar surface area (TPSA) is 40.1 Å². The predicted octanol–water partition coefficient (Wildman–Crippen LogP) is 1.45. The van der Waals surface area contributed by atoms with E-state index in [1.54, 1.807) is 0 Å². The Morgan fingerprint density at radius 2 is 2.09 bits per heavy atom. The van der Waals surface area contributed by atoms with E-state index in [2.05, 4.69) is 0 Å².